The van der Waals surface area contributed by atoms with Gasteiger partial charge in [-0.3, -0.25) is 9.48 Å². The predicted molar refractivity (Wildman–Crippen MR) is 115 cm³/mol. The maximum absolute atomic E-state index is 12.8. The van der Waals surface area contributed by atoms with Gasteiger partial charge in [0.25, 0.3) is 5.91 Å². The van der Waals surface area contributed by atoms with E-state index in [1.807, 2.05) is 25.2 Å². The third-order valence-corrected chi connectivity index (χ3v) is 6.94. The number of hydrogen-bond donors (Lipinski definition) is 1. The molecule has 2 heterocycles. The molecule has 4 rings (SSSR count). The molecule has 1 aliphatic heterocycles. The molecule has 0 saturated carbocycles. The first-order valence-electron chi connectivity index (χ1n) is 9.75. The van der Waals surface area contributed by atoms with Gasteiger partial charge < -0.3 is 10.2 Å². The van der Waals surface area contributed by atoms with Crippen molar-refractivity contribution in [1.29, 1.82) is 0 Å². The van der Waals surface area contributed by atoms with Gasteiger partial charge in [-0.1, -0.05) is 48.5 Å². The lowest BCUT2D eigenvalue weighted by Gasteiger charge is -2.18. The number of carbonyl (C=O) groups excluding carboxylic acids is 1. The fourth-order valence-corrected chi connectivity index (χ4v) is 5.44. The number of carbonyl (C=O) groups is 1. The van der Waals surface area contributed by atoms with Crippen molar-refractivity contribution in [3.63, 3.8) is 0 Å². The SMILES string of the molecule is CN(CCNC(=O)c1nn(C)c2c1CS(=O)(=O)c1ccccc1-2)Cc1ccccc1. The number of aromatic nitrogens is 2. The normalized spacial score (nSPS) is 14.2. The summed E-state index contributed by atoms with van der Waals surface area (Å²) in [6, 6.07) is 17.0. The topological polar surface area (TPSA) is 84.3 Å². The van der Waals surface area contributed by atoms with Crippen LogP contribution in [-0.4, -0.2) is 49.1 Å². The molecule has 1 aliphatic rings. The van der Waals surface area contributed by atoms with Crippen LogP contribution in [0.4, 0.5) is 0 Å². The van der Waals surface area contributed by atoms with Gasteiger partial charge in [0, 0.05) is 37.8 Å². The van der Waals surface area contributed by atoms with Crippen LogP contribution < -0.4 is 5.32 Å². The Bertz CT molecular complexity index is 1190. The molecule has 1 N–H and O–H groups in total. The number of nitrogens with zero attached hydrogens (tertiary/aromatic N) is 3. The molecule has 0 unspecified atom stereocenters. The van der Waals surface area contributed by atoms with E-state index in [9.17, 15) is 13.2 Å². The van der Waals surface area contributed by atoms with E-state index in [-0.39, 0.29) is 22.2 Å². The molecule has 1 aromatic heterocycles. The highest BCUT2D eigenvalue weighted by Gasteiger charge is 2.34. The van der Waals surface area contributed by atoms with Gasteiger partial charge in [0.15, 0.2) is 15.5 Å². The molecule has 0 aliphatic carbocycles. The highest BCUT2D eigenvalue weighted by atomic mass is 32.2. The maximum Gasteiger partial charge on any atom is 0.272 e. The summed E-state index contributed by atoms with van der Waals surface area (Å²) in [6.07, 6.45) is 0. The molecular formula is C22H24N4O3S. The third-order valence-electron chi connectivity index (χ3n) is 5.25. The molecule has 30 heavy (non-hydrogen) atoms. The van der Waals surface area contributed by atoms with Gasteiger partial charge in [0.1, 0.15) is 0 Å². The Balaban J connectivity index is 1.48. The number of aryl methyl sites for hydroxylation is 1. The van der Waals surface area contributed by atoms with Crippen LogP contribution in [-0.2, 0) is 29.2 Å². The minimum absolute atomic E-state index is 0.177. The van der Waals surface area contributed by atoms with E-state index in [0.29, 0.717) is 29.9 Å². The average Bonchev–Trinajstić information content (AvgIpc) is 3.04. The second-order valence-electron chi connectivity index (χ2n) is 7.53. The molecule has 0 saturated heterocycles. The van der Waals surface area contributed by atoms with Crippen LogP contribution >= 0.6 is 0 Å². The zero-order valence-corrected chi connectivity index (χ0v) is 17.8. The number of hydrogen-bond acceptors (Lipinski definition) is 5. The highest BCUT2D eigenvalue weighted by molar-refractivity contribution is 7.90. The molecule has 0 radical (unpaired) electrons. The van der Waals surface area contributed by atoms with Crippen molar-refractivity contribution in [3.05, 3.63) is 71.4 Å². The molecule has 2 aromatic carbocycles. The first-order chi connectivity index (χ1) is 14.4. The Labute approximate surface area is 176 Å². The first-order valence-corrected chi connectivity index (χ1v) is 11.4. The molecule has 8 heteroatoms. The van der Waals surface area contributed by atoms with Crippen molar-refractivity contribution in [2.75, 3.05) is 20.1 Å². The van der Waals surface area contributed by atoms with Crippen molar-refractivity contribution in [3.8, 4) is 11.3 Å². The monoisotopic (exact) mass is 424 g/mol. The van der Waals surface area contributed by atoms with Crippen LogP contribution in [0, 0.1) is 0 Å². The first kappa shape index (κ1) is 20.3. The quantitative estimate of drug-likeness (QED) is 0.656. The minimum Gasteiger partial charge on any atom is -0.349 e. The van der Waals surface area contributed by atoms with Crippen LogP contribution in [0.5, 0.6) is 0 Å². The molecule has 156 valence electrons. The maximum atomic E-state index is 12.8. The lowest BCUT2D eigenvalue weighted by Crippen LogP contribution is -2.33. The third kappa shape index (κ3) is 3.88. The Kier molecular flexibility index (Phi) is 5.44. The summed E-state index contributed by atoms with van der Waals surface area (Å²) >= 11 is 0. The van der Waals surface area contributed by atoms with Crippen molar-refractivity contribution >= 4 is 15.7 Å². The van der Waals surface area contributed by atoms with Gasteiger partial charge in [-0.05, 0) is 18.7 Å². The van der Waals surface area contributed by atoms with Gasteiger partial charge >= 0.3 is 0 Å². The zero-order valence-electron chi connectivity index (χ0n) is 17.0. The second-order valence-corrected chi connectivity index (χ2v) is 9.49. The van der Waals surface area contributed by atoms with E-state index in [1.54, 1.807) is 36.0 Å². The van der Waals surface area contributed by atoms with Crippen LogP contribution in [0.1, 0.15) is 21.6 Å². The van der Waals surface area contributed by atoms with Gasteiger partial charge in [0.2, 0.25) is 0 Å². The minimum atomic E-state index is -3.51. The van der Waals surface area contributed by atoms with Crippen LogP contribution in [0.3, 0.4) is 0 Å². The molecule has 0 atom stereocenters. The van der Waals surface area contributed by atoms with Crippen LogP contribution in [0.2, 0.25) is 0 Å². The van der Waals surface area contributed by atoms with E-state index in [2.05, 4.69) is 27.4 Å². The van der Waals surface area contributed by atoms with Crippen molar-refractivity contribution in [1.82, 2.24) is 20.0 Å². The zero-order chi connectivity index (χ0) is 21.3. The number of amides is 1. The van der Waals surface area contributed by atoms with Crippen molar-refractivity contribution < 1.29 is 13.2 Å². The Morgan fingerprint density at radius 1 is 1.13 bits per heavy atom. The largest absolute Gasteiger partial charge is 0.349 e. The Morgan fingerprint density at radius 3 is 2.60 bits per heavy atom. The fraction of sp³-hybridized carbons (Fsp3) is 0.273. The molecule has 3 aromatic rings. The number of sulfone groups is 1. The van der Waals surface area contributed by atoms with Gasteiger partial charge in [0.05, 0.1) is 16.3 Å². The van der Waals surface area contributed by atoms with Gasteiger partial charge in [-0.25, -0.2) is 8.42 Å². The molecule has 7 nitrogen and oxygen atoms in total. The molecule has 1 amide bonds. The standard InChI is InChI=1S/C22H24N4O3S/c1-25(14-16-8-4-3-5-9-16)13-12-23-22(27)20-18-15-30(28,29)19-11-7-6-10-17(19)21(18)26(2)24-20/h3-11H,12-15H2,1-2H3,(H,23,27). The van der Waals surface area contributed by atoms with Crippen LogP contribution in [0.25, 0.3) is 11.3 Å². The van der Waals surface area contributed by atoms with Gasteiger partial charge in [-0.15, -0.1) is 0 Å². The summed E-state index contributed by atoms with van der Waals surface area (Å²) in [5.74, 6) is -0.571. The average molecular weight is 425 g/mol. The number of nitrogens with one attached hydrogen (secondary N) is 1. The predicted octanol–water partition coefficient (Wildman–Crippen LogP) is 2.24. The Morgan fingerprint density at radius 2 is 1.83 bits per heavy atom. The smallest absolute Gasteiger partial charge is 0.272 e. The van der Waals surface area contributed by atoms with Crippen molar-refractivity contribution in [2.45, 2.75) is 17.2 Å². The molecule has 0 bridgehead atoms. The fourth-order valence-electron chi connectivity index (χ4n) is 3.84. The number of likely N-dealkylation sites (N-methyl/N-ethyl adjacent to an activating group) is 1. The van der Waals surface area contributed by atoms with E-state index in [1.165, 1.54) is 5.56 Å². The Hall–Kier alpha value is -2.97. The summed E-state index contributed by atoms with van der Waals surface area (Å²) in [5, 5.41) is 7.23. The van der Waals surface area contributed by atoms with E-state index in [4.69, 9.17) is 0 Å². The highest BCUT2D eigenvalue weighted by Crippen LogP contribution is 2.38. The van der Waals surface area contributed by atoms with E-state index >= 15 is 0 Å². The van der Waals surface area contributed by atoms with Crippen LogP contribution in [0.15, 0.2) is 59.5 Å². The summed E-state index contributed by atoms with van der Waals surface area (Å²) in [6.45, 7) is 1.89. The molecular weight excluding hydrogens is 400 g/mol. The summed E-state index contributed by atoms with van der Waals surface area (Å²) in [5.41, 5.74) is 3.12. The van der Waals surface area contributed by atoms with E-state index < -0.39 is 9.84 Å². The van der Waals surface area contributed by atoms with Crippen molar-refractivity contribution in [2.24, 2.45) is 7.05 Å². The number of rotatable bonds is 6. The second kappa shape index (κ2) is 8.04. The summed E-state index contributed by atoms with van der Waals surface area (Å²) < 4.78 is 27.0. The lowest BCUT2D eigenvalue weighted by atomic mass is 10.1. The lowest BCUT2D eigenvalue weighted by molar-refractivity contribution is 0.0943. The summed E-state index contributed by atoms with van der Waals surface area (Å²) in [4.78, 5) is 15.2. The summed E-state index contributed by atoms with van der Waals surface area (Å²) in [7, 11) is 0.217. The molecule has 0 fully saturated rings. The van der Waals surface area contributed by atoms with E-state index in [0.717, 1.165) is 6.54 Å². The molecule has 0 spiro atoms. The van der Waals surface area contributed by atoms with Gasteiger partial charge in [-0.2, -0.15) is 5.10 Å². The number of benzene rings is 2. The number of fused-ring (bicyclic) bond motifs is 3.